The van der Waals surface area contributed by atoms with Crippen LogP contribution < -0.4 is 10.1 Å². The third-order valence-corrected chi connectivity index (χ3v) is 7.80. The summed E-state index contributed by atoms with van der Waals surface area (Å²) in [6, 6.07) is 4.72. The molecule has 0 spiro atoms. The number of anilines is 1. The highest BCUT2D eigenvalue weighted by Gasteiger charge is 2.26. The van der Waals surface area contributed by atoms with E-state index in [0.717, 1.165) is 32.1 Å². The lowest BCUT2D eigenvalue weighted by atomic mass is 10.0. The Labute approximate surface area is 168 Å². The van der Waals surface area contributed by atoms with E-state index in [4.69, 9.17) is 4.74 Å². The van der Waals surface area contributed by atoms with E-state index in [1.807, 2.05) is 0 Å². The van der Waals surface area contributed by atoms with Gasteiger partial charge < -0.3 is 10.1 Å². The molecule has 1 aliphatic carbocycles. The van der Waals surface area contributed by atoms with Gasteiger partial charge in [-0.2, -0.15) is 4.31 Å². The number of benzene rings is 1. The fourth-order valence-electron chi connectivity index (χ4n) is 4.22. The van der Waals surface area contributed by atoms with Crippen molar-refractivity contribution in [1.29, 1.82) is 0 Å². The lowest BCUT2D eigenvalue weighted by molar-refractivity contribution is -0.116. The molecule has 1 aromatic carbocycles. The maximum Gasteiger partial charge on any atom is 0.243 e. The maximum absolute atomic E-state index is 13.0. The lowest BCUT2D eigenvalue weighted by Gasteiger charge is -2.21. The monoisotopic (exact) mass is 408 g/mol. The average Bonchev–Trinajstić information content (AvgIpc) is 3.05. The zero-order valence-corrected chi connectivity index (χ0v) is 17.6. The standard InChI is InChI=1S/C21H32N2O4S/c1-27-20-12-11-18(28(25,26)23-14-6-2-3-7-15-23)16-19(20)22-21(24)13-10-17-8-4-5-9-17/h11-12,16-17H,2-10,13-15H2,1H3,(H,22,24). The molecule has 2 fully saturated rings. The molecule has 2 aliphatic rings. The molecular weight excluding hydrogens is 376 g/mol. The highest BCUT2D eigenvalue weighted by Crippen LogP contribution is 2.31. The molecule has 1 heterocycles. The van der Waals surface area contributed by atoms with Crippen molar-refractivity contribution in [3.63, 3.8) is 0 Å². The van der Waals surface area contributed by atoms with Crippen molar-refractivity contribution < 1.29 is 17.9 Å². The van der Waals surface area contributed by atoms with Crippen molar-refractivity contribution in [3.8, 4) is 5.75 Å². The maximum atomic E-state index is 13.0. The summed E-state index contributed by atoms with van der Waals surface area (Å²) in [5.41, 5.74) is 0.426. The zero-order valence-electron chi connectivity index (χ0n) is 16.8. The van der Waals surface area contributed by atoms with Crippen molar-refractivity contribution in [2.45, 2.75) is 69.1 Å². The minimum atomic E-state index is -3.57. The molecule has 1 saturated heterocycles. The Bertz CT molecular complexity index is 765. The second kappa shape index (κ2) is 9.74. The first kappa shape index (κ1) is 21.1. The molecule has 6 nitrogen and oxygen atoms in total. The number of nitrogens with zero attached hydrogens (tertiary/aromatic N) is 1. The van der Waals surface area contributed by atoms with Gasteiger partial charge in [0.2, 0.25) is 15.9 Å². The first-order chi connectivity index (χ1) is 13.5. The first-order valence-corrected chi connectivity index (χ1v) is 11.9. The van der Waals surface area contributed by atoms with Crippen LogP contribution in [0.2, 0.25) is 0 Å². The Morgan fingerprint density at radius 2 is 1.79 bits per heavy atom. The largest absolute Gasteiger partial charge is 0.495 e. The van der Waals surface area contributed by atoms with E-state index in [1.54, 1.807) is 16.4 Å². The van der Waals surface area contributed by atoms with Crippen molar-refractivity contribution in [2.75, 3.05) is 25.5 Å². The fourth-order valence-corrected chi connectivity index (χ4v) is 5.77. The minimum Gasteiger partial charge on any atom is -0.495 e. The van der Waals surface area contributed by atoms with Gasteiger partial charge in [-0.3, -0.25) is 4.79 Å². The van der Waals surface area contributed by atoms with Gasteiger partial charge in [-0.05, 0) is 43.4 Å². The lowest BCUT2D eigenvalue weighted by Crippen LogP contribution is -2.32. The van der Waals surface area contributed by atoms with E-state index in [-0.39, 0.29) is 10.8 Å². The van der Waals surface area contributed by atoms with Crippen molar-refractivity contribution in [3.05, 3.63) is 18.2 Å². The second-order valence-electron chi connectivity index (χ2n) is 7.92. The number of carbonyl (C=O) groups excluding carboxylic acids is 1. The van der Waals surface area contributed by atoms with Crippen LogP contribution in [0.4, 0.5) is 5.69 Å². The molecule has 0 aromatic heterocycles. The molecule has 3 rings (SSSR count). The Morgan fingerprint density at radius 1 is 1.11 bits per heavy atom. The topological polar surface area (TPSA) is 75.7 Å². The van der Waals surface area contributed by atoms with Gasteiger partial charge in [-0.25, -0.2) is 8.42 Å². The van der Waals surface area contributed by atoms with Crippen molar-refractivity contribution in [1.82, 2.24) is 4.31 Å². The SMILES string of the molecule is COc1ccc(S(=O)(=O)N2CCCCCC2)cc1NC(=O)CCC1CCCC1. The number of amides is 1. The molecule has 0 bridgehead atoms. The summed E-state index contributed by atoms with van der Waals surface area (Å²) in [6.45, 7) is 1.11. The molecule has 0 atom stereocenters. The number of hydrogen-bond acceptors (Lipinski definition) is 4. The van der Waals surface area contributed by atoms with Gasteiger partial charge in [-0.1, -0.05) is 38.5 Å². The molecule has 28 heavy (non-hydrogen) atoms. The van der Waals surface area contributed by atoms with Crippen molar-refractivity contribution >= 4 is 21.6 Å². The number of ether oxygens (including phenoxy) is 1. The number of hydrogen-bond donors (Lipinski definition) is 1. The number of nitrogens with one attached hydrogen (secondary N) is 1. The van der Waals surface area contributed by atoms with E-state index < -0.39 is 10.0 Å². The highest BCUT2D eigenvalue weighted by molar-refractivity contribution is 7.89. The van der Waals surface area contributed by atoms with Gasteiger partial charge in [-0.15, -0.1) is 0 Å². The van der Waals surface area contributed by atoms with Gasteiger partial charge in [0.1, 0.15) is 5.75 Å². The summed E-state index contributed by atoms with van der Waals surface area (Å²) in [5, 5.41) is 2.87. The first-order valence-electron chi connectivity index (χ1n) is 10.5. The van der Waals surface area contributed by atoms with Crippen LogP contribution in [0.5, 0.6) is 5.75 Å². The number of rotatable bonds is 7. The number of sulfonamides is 1. The molecule has 1 aliphatic heterocycles. The third-order valence-electron chi connectivity index (χ3n) is 5.90. The molecule has 7 heteroatoms. The van der Waals surface area contributed by atoms with Gasteiger partial charge >= 0.3 is 0 Å². The number of carbonyl (C=O) groups is 1. The predicted octanol–water partition coefficient (Wildman–Crippen LogP) is 4.17. The van der Waals surface area contributed by atoms with Gasteiger partial charge in [0.05, 0.1) is 17.7 Å². The van der Waals surface area contributed by atoms with Crippen molar-refractivity contribution in [2.24, 2.45) is 5.92 Å². The van der Waals surface area contributed by atoms with Crippen LogP contribution in [0.25, 0.3) is 0 Å². The minimum absolute atomic E-state index is 0.0884. The molecule has 0 unspecified atom stereocenters. The summed E-state index contributed by atoms with van der Waals surface area (Å²) < 4.78 is 33.0. The Balaban J connectivity index is 1.72. The van der Waals surface area contributed by atoms with Crippen LogP contribution in [0.1, 0.15) is 64.2 Å². The Kier molecular flexibility index (Phi) is 7.35. The summed E-state index contributed by atoms with van der Waals surface area (Å²) in [7, 11) is -2.05. The van der Waals surface area contributed by atoms with E-state index in [1.165, 1.54) is 38.9 Å². The van der Waals surface area contributed by atoms with Crippen LogP contribution in [0.3, 0.4) is 0 Å². The smallest absolute Gasteiger partial charge is 0.243 e. The van der Waals surface area contributed by atoms with Gasteiger partial charge in [0, 0.05) is 19.5 Å². The van der Waals surface area contributed by atoms with E-state index in [9.17, 15) is 13.2 Å². The van der Waals surface area contributed by atoms with Crippen LogP contribution in [-0.2, 0) is 14.8 Å². The van der Waals surface area contributed by atoms with Crippen LogP contribution in [0, 0.1) is 5.92 Å². The normalized spacial score (nSPS) is 19.3. The Hall–Kier alpha value is -1.60. The quantitative estimate of drug-likeness (QED) is 0.735. The average molecular weight is 409 g/mol. The van der Waals surface area contributed by atoms with E-state index in [2.05, 4.69) is 5.32 Å². The third kappa shape index (κ3) is 5.26. The summed E-state index contributed by atoms with van der Waals surface area (Å²) in [6.07, 6.45) is 10.2. The van der Waals surface area contributed by atoms with Gasteiger partial charge in [0.25, 0.3) is 0 Å². The molecule has 1 saturated carbocycles. The van der Waals surface area contributed by atoms with Crippen LogP contribution >= 0.6 is 0 Å². The fraction of sp³-hybridized carbons (Fsp3) is 0.667. The Morgan fingerprint density at radius 3 is 2.43 bits per heavy atom. The molecule has 156 valence electrons. The van der Waals surface area contributed by atoms with E-state index >= 15 is 0 Å². The second-order valence-corrected chi connectivity index (χ2v) is 9.86. The number of methoxy groups -OCH3 is 1. The summed E-state index contributed by atoms with van der Waals surface area (Å²) in [4.78, 5) is 12.6. The van der Waals surface area contributed by atoms with Gasteiger partial charge in [0.15, 0.2) is 0 Å². The molecule has 1 aromatic rings. The van der Waals surface area contributed by atoms with Crippen LogP contribution in [0.15, 0.2) is 23.1 Å². The molecule has 0 radical (unpaired) electrons. The van der Waals surface area contributed by atoms with Crippen LogP contribution in [-0.4, -0.2) is 38.8 Å². The molecular formula is C21H32N2O4S. The summed E-state index contributed by atoms with van der Waals surface area (Å²) in [5.74, 6) is 1.03. The zero-order chi connectivity index (χ0) is 20.0. The molecule has 1 N–H and O–H groups in total. The summed E-state index contributed by atoms with van der Waals surface area (Å²) >= 11 is 0. The molecule has 1 amide bonds. The highest BCUT2D eigenvalue weighted by atomic mass is 32.2. The van der Waals surface area contributed by atoms with E-state index in [0.29, 0.717) is 36.9 Å². The predicted molar refractivity (Wildman–Crippen MR) is 110 cm³/mol.